The highest BCUT2D eigenvalue weighted by Crippen LogP contribution is 2.48. The van der Waals surface area contributed by atoms with Gasteiger partial charge in [0.2, 0.25) is 0 Å². The van der Waals surface area contributed by atoms with Crippen LogP contribution >= 0.6 is 0 Å². The first-order valence-corrected chi connectivity index (χ1v) is 4.82. The Labute approximate surface area is 73.8 Å². The van der Waals surface area contributed by atoms with Gasteiger partial charge in [0.15, 0.2) is 0 Å². The second-order valence-electron chi connectivity index (χ2n) is 4.64. The van der Waals surface area contributed by atoms with Crippen LogP contribution in [0.15, 0.2) is 12.2 Å². The van der Waals surface area contributed by atoms with Gasteiger partial charge in [-0.05, 0) is 24.7 Å². The molecule has 2 aliphatic carbocycles. The van der Waals surface area contributed by atoms with E-state index in [0.717, 1.165) is 6.42 Å². The molecule has 66 valence electrons. The van der Waals surface area contributed by atoms with Crippen LogP contribution < -0.4 is 0 Å². The van der Waals surface area contributed by atoms with Gasteiger partial charge in [-0.25, -0.2) is 0 Å². The van der Waals surface area contributed by atoms with Gasteiger partial charge in [0.25, 0.3) is 0 Å². The lowest BCUT2D eigenvalue weighted by molar-refractivity contribution is -0.124. The normalized spacial score (nSPS) is 38.3. The van der Waals surface area contributed by atoms with E-state index in [0.29, 0.717) is 17.6 Å². The predicted octanol–water partition coefficient (Wildman–Crippen LogP) is 2.57. The molecule has 0 aromatic rings. The van der Waals surface area contributed by atoms with Crippen LogP contribution in [0.3, 0.4) is 0 Å². The molecule has 1 heteroatoms. The van der Waals surface area contributed by atoms with Crippen molar-refractivity contribution in [2.24, 2.45) is 17.3 Å². The van der Waals surface area contributed by atoms with Crippen molar-refractivity contribution < 1.29 is 4.79 Å². The Morgan fingerprint density at radius 2 is 2.25 bits per heavy atom. The number of fused-ring (bicyclic) bond motifs is 1. The maximum Gasteiger partial charge on any atom is 0.139 e. The average Bonchev–Trinajstić information content (AvgIpc) is 2.25. The Kier molecular flexibility index (Phi) is 1.64. The van der Waals surface area contributed by atoms with Crippen molar-refractivity contribution in [1.29, 1.82) is 0 Å². The number of hydrogen-bond donors (Lipinski definition) is 0. The highest BCUT2D eigenvalue weighted by molar-refractivity contribution is 5.87. The van der Waals surface area contributed by atoms with E-state index in [1.54, 1.807) is 0 Å². The van der Waals surface area contributed by atoms with Crippen LogP contribution in [0, 0.1) is 17.3 Å². The first-order valence-electron chi connectivity index (χ1n) is 4.82. The summed E-state index contributed by atoms with van der Waals surface area (Å²) in [5.74, 6) is 1.64. The fourth-order valence-electron chi connectivity index (χ4n) is 2.64. The van der Waals surface area contributed by atoms with Crippen molar-refractivity contribution in [3.8, 4) is 0 Å². The lowest BCUT2D eigenvalue weighted by atomic mass is 9.75. The molecule has 0 N–H and O–H groups in total. The summed E-state index contributed by atoms with van der Waals surface area (Å²) < 4.78 is 0. The van der Waals surface area contributed by atoms with Crippen LogP contribution in [0.1, 0.15) is 33.1 Å². The standard InChI is InChI=1S/C11H16O/c1-11(2)9-6-4-3-5-8(9)7-10(11)12/h4,6,8-9H,3,5,7H2,1-2H3. The molecule has 2 unspecified atom stereocenters. The molecule has 2 aliphatic rings. The third kappa shape index (κ3) is 0.954. The Hall–Kier alpha value is -0.590. The minimum atomic E-state index is -0.0818. The molecule has 0 aromatic heterocycles. The number of hydrogen-bond acceptors (Lipinski definition) is 1. The number of Topliss-reactive ketones (excluding diaryl/α,β-unsaturated/α-hetero) is 1. The van der Waals surface area contributed by atoms with E-state index in [4.69, 9.17) is 0 Å². The molecule has 0 aliphatic heterocycles. The van der Waals surface area contributed by atoms with Crippen molar-refractivity contribution >= 4 is 5.78 Å². The molecule has 0 heterocycles. The summed E-state index contributed by atoms with van der Waals surface area (Å²) in [7, 11) is 0. The summed E-state index contributed by atoms with van der Waals surface area (Å²) >= 11 is 0. The van der Waals surface area contributed by atoms with Gasteiger partial charge in [-0.15, -0.1) is 0 Å². The molecule has 2 rings (SSSR count). The molecule has 0 aromatic carbocycles. The summed E-state index contributed by atoms with van der Waals surface area (Å²) in [6.45, 7) is 4.19. The van der Waals surface area contributed by atoms with E-state index in [9.17, 15) is 4.79 Å². The lowest BCUT2D eigenvalue weighted by Crippen LogP contribution is -2.26. The maximum absolute atomic E-state index is 11.6. The summed E-state index contributed by atoms with van der Waals surface area (Å²) in [6, 6.07) is 0. The monoisotopic (exact) mass is 164 g/mol. The number of allylic oxidation sites excluding steroid dienone is 2. The molecular weight excluding hydrogens is 148 g/mol. The second kappa shape index (κ2) is 2.45. The number of carbonyl (C=O) groups is 1. The van der Waals surface area contributed by atoms with Gasteiger partial charge in [0.1, 0.15) is 5.78 Å². The zero-order chi connectivity index (χ0) is 8.77. The molecule has 0 radical (unpaired) electrons. The second-order valence-corrected chi connectivity index (χ2v) is 4.64. The number of carbonyl (C=O) groups excluding carboxylic acids is 1. The molecule has 1 saturated carbocycles. The van der Waals surface area contributed by atoms with Crippen LogP contribution in [0.5, 0.6) is 0 Å². The molecule has 12 heavy (non-hydrogen) atoms. The van der Waals surface area contributed by atoms with E-state index < -0.39 is 0 Å². The van der Waals surface area contributed by atoms with Crippen LogP contribution in [-0.4, -0.2) is 5.78 Å². The summed E-state index contributed by atoms with van der Waals surface area (Å²) in [4.78, 5) is 11.6. The third-order valence-electron chi connectivity index (χ3n) is 3.55. The van der Waals surface area contributed by atoms with Gasteiger partial charge in [0, 0.05) is 11.8 Å². The molecule has 0 spiro atoms. The molecule has 2 atom stereocenters. The Morgan fingerprint density at radius 3 is 2.92 bits per heavy atom. The Morgan fingerprint density at radius 1 is 1.50 bits per heavy atom. The van der Waals surface area contributed by atoms with Gasteiger partial charge in [-0.3, -0.25) is 4.79 Å². The van der Waals surface area contributed by atoms with Crippen molar-refractivity contribution in [1.82, 2.24) is 0 Å². The number of rotatable bonds is 0. The van der Waals surface area contributed by atoms with E-state index in [2.05, 4.69) is 26.0 Å². The van der Waals surface area contributed by atoms with Crippen molar-refractivity contribution in [2.45, 2.75) is 33.1 Å². The highest BCUT2D eigenvalue weighted by atomic mass is 16.1. The highest BCUT2D eigenvalue weighted by Gasteiger charge is 2.47. The number of ketones is 1. The lowest BCUT2D eigenvalue weighted by Gasteiger charge is -2.28. The van der Waals surface area contributed by atoms with E-state index in [1.807, 2.05) is 0 Å². The molecule has 0 bridgehead atoms. The Balaban J connectivity index is 2.32. The van der Waals surface area contributed by atoms with Gasteiger partial charge in [-0.1, -0.05) is 26.0 Å². The SMILES string of the molecule is CC1(C)C(=O)CC2CCC=CC21. The topological polar surface area (TPSA) is 17.1 Å². The van der Waals surface area contributed by atoms with Crippen LogP contribution in [-0.2, 0) is 4.79 Å². The van der Waals surface area contributed by atoms with Gasteiger partial charge in [-0.2, -0.15) is 0 Å². The smallest absolute Gasteiger partial charge is 0.139 e. The summed E-state index contributed by atoms with van der Waals surface area (Å²) in [6.07, 6.45) is 7.71. The molecular formula is C11H16O. The fraction of sp³-hybridized carbons (Fsp3) is 0.727. The first kappa shape index (κ1) is 8.03. The molecule has 0 amide bonds. The Bertz CT molecular complexity index is 237. The van der Waals surface area contributed by atoms with Crippen molar-refractivity contribution in [3.05, 3.63) is 12.2 Å². The molecule has 1 fully saturated rings. The minimum Gasteiger partial charge on any atom is -0.299 e. The third-order valence-corrected chi connectivity index (χ3v) is 3.55. The van der Waals surface area contributed by atoms with Gasteiger partial charge >= 0.3 is 0 Å². The van der Waals surface area contributed by atoms with E-state index in [1.165, 1.54) is 12.8 Å². The predicted molar refractivity (Wildman–Crippen MR) is 48.8 cm³/mol. The maximum atomic E-state index is 11.6. The zero-order valence-electron chi connectivity index (χ0n) is 7.84. The van der Waals surface area contributed by atoms with Crippen LogP contribution in [0.25, 0.3) is 0 Å². The fourth-order valence-corrected chi connectivity index (χ4v) is 2.64. The van der Waals surface area contributed by atoms with Crippen LogP contribution in [0.2, 0.25) is 0 Å². The van der Waals surface area contributed by atoms with Crippen molar-refractivity contribution in [2.75, 3.05) is 0 Å². The summed E-state index contributed by atoms with van der Waals surface area (Å²) in [5.41, 5.74) is -0.0818. The molecule has 0 saturated heterocycles. The quantitative estimate of drug-likeness (QED) is 0.503. The van der Waals surface area contributed by atoms with Gasteiger partial charge < -0.3 is 0 Å². The van der Waals surface area contributed by atoms with Gasteiger partial charge in [0.05, 0.1) is 0 Å². The minimum absolute atomic E-state index is 0.0818. The van der Waals surface area contributed by atoms with Crippen LogP contribution in [0.4, 0.5) is 0 Å². The summed E-state index contributed by atoms with van der Waals surface area (Å²) in [5, 5.41) is 0. The zero-order valence-corrected chi connectivity index (χ0v) is 7.84. The van der Waals surface area contributed by atoms with E-state index in [-0.39, 0.29) is 5.41 Å². The average molecular weight is 164 g/mol. The molecule has 1 nitrogen and oxygen atoms in total. The largest absolute Gasteiger partial charge is 0.299 e. The van der Waals surface area contributed by atoms with Crippen molar-refractivity contribution in [3.63, 3.8) is 0 Å². The van der Waals surface area contributed by atoms with E-state index >= 15 is 0 Å². The first-order chi connectivity index (χ1) is 5.62.